The maximum atomic E-state index is 13.3. The minimum absolute atomic E-state index is 0.000655. The molecule has 6 nitrogen and oxygen atoms in total. The van der Waals surface area contributed by atoms with Crippen LogP contribution >= 0.6 is 11.3 Å². The second kappa shape index (κ2) is 13.0. The highest BCUT2D eigenvalue weighted by Gasteiger charge is 2.25. The summed E-state index contributed by atoms with van der Waals surface area (Å²) in [6, 6.07) is 9.77. The van der Waals surface area contributed by atoms with E-state index in [1.165, 1.54) is 17.0 Å². The van der Waals surface area contributed by atoms with E-state index in [2.05, 4.69) is 0 Å². The molecule has 8 heteroatoms. The Bertz CT molecular complexity index is 871. The molecular weight excluding hydrogens is 431 g/mol. The summed E-state index contributed by atoms with van der Waals surface area (Å²) < 4.78 is 18.2. The summed E-state index contributed by atoms with van der Waals surface area (Å²) in [6.07, 6.45) is 0.670. The van der Waals surface area contributed by atoms with Gasteiger partial charge in [0, 0.05) is 23.9 Å². The van der Waals surface area contributed by atoms with Crippen molar-refractivity contribution in [1.29, 1.82) is 0 Å². The Labute approximate surface area is 193 Å². The molecule has 0 saturated carbocycles. The van der Waals surface area contributed by atoms with Crippen LogP contribution in [0.1, 0.15) is 50.5 Å². The monoisotopic (exact) mass is 462 g/mol. The van der Waals surface area contributed by atoms with Gasteiger partial charge in [0.25, 0.3) is 0 Å². The molecule has 1 aromatic carbocycles. The van der Waals surface area contributed by atoms with Gasteiger partial charge in [0.05, 0.1) is 19.6 Å². The van der Waals surface area contributed by atoms with Gasteiger partial charge in [-0.05, 0) is 49.4 Å². The minimum Gasteiger partial charge on any atom is -0.466 e. The second-order valence-corrected chi connectivity index (χ2v) is 8.57. The maximum absolute atomic E-state index is 13.3. The Balaban J connectivity index is 2.13. The van der Waals surface area contributed by atoms with Gasteiger partial charge in [0.1, 0.15) is 12.4 Å². The van der Waals surface area contributed by atoms with Gasteiger partial charge < -0.3 is 14.5 Å². The number of hydrogen-bond donors (Lipinski definition) is 0. The molecular formula is C24H31FN2O4S. The SMILES string of the molecule is CCOC(=O)CCC(=O)N(CC(=O)N(Cc1ccc(F)cc1)Cc1cccs1)[C@H](C)CC. The van der Waals surface area contributed by atoms with Crippen LogP contribution in [0.2, 0.25) is 0 Å². The van der Waals surface area contributed by atoms with Crippen LogP contribution in [0, 0.1) is 5.82 Å². The first-order chi connectivity index (χ1) is 15.3. The van der Waals surface area contributed by atoms with E-state index in [1.807, 2.05) is 31.4 Å². The molecule has 0 unspecified atom stereocenters. The van der Waals surface area contributed by atoms with Crippen LogP contribution in [-0.4, -0.2) is 46.8 Å². The number of amides is 2. The average molecular weight is 463 g/mol. The van der Waals surface area contributed by atoms with Crippen LogP contribution in [0.15, 0.2) is 41.8 Å². The Hall–Kier alpha value is -2.74. The number of nitrogens with zero attached hydrogens (tertiary/aromatic N) is 2. The Morgan fingerprint density at radius 3 is 2.34 bits per heavy atom. The molecule has 174 valence electrons. The first-order valence-corrected chi connectivity index (χ1v) is 11.7. The zero-order valence-corrected chi connectivity index (χ0v) is 19.7. The van der Waals surface area contributed by atoms with Gasteiger partial charge in [0.15, 0.2) is 0 Å². The predicted molar refractivity (Wildman–Crippen MR) is 122 cm³/mol. The smallest absolute Gasteiger partial charge is 0.306 e. The van der Waals surface area contributed by atoms with Crippen LogP contribution in [0.4, 0.5) is 4.39 Å². The highest BCUT2D eigenvalue weighted by atomic mass is 32.1. The Kier molecular flexibility index (Phi) is 10.3. The molecule has 2 amide bonds. The van der Waals surface area contributed by atoms with Crippen LogP contribution < -0.4 is 0 Å². The summed E-state index contributed by atoms with van der Waals surface area (Å²) in [5, 5.41) is 1.94. The molecule has 0 radical (unpaired) electrons. The highest BCUT2D eigenvalue weighted by molar-refractivity contribution is 7.09. The third-order valence-electron chi connectivity index (χ3n) is 5.16. The number of halogens is 1. The summed E-state index contributed by atoms with van der Waals surface area (Å²) in [6.45, 7) is 6.45. The van der Waals surface area contributed by atoms with Crippen LogP contribution in [0.3, 0.4) is 0 Å². The minimum atomic E-state index is -0.424. The summed E-state index contributed by atoms with van der Waals surface area (Å²) in [4.78, 5) is 42.0. The number of hydrogen-bond acceptors (Lipinski definition) is 5. The molecule has 2 aromatic rings. The highest BCUT2D eigenvalue weighted by Crippen LogP contribution is 2.17. The standard InChI is InChI=1S/C24H31FN2O4S/c1-4-18(3)27(22(28)12-13-24(30)31-5-2)17-23(29)26(16-21-7-6-14-32-21)15-19-8-10-20(25)11-9-19/h6-11,14,18H,4-5,12-13,15-17H2,1-3H3/t18-/m1/s1. The summed E-state index contributed by atoms with van der Waals surface area (Å²) in [7, 11) is 0. The van der Waals surface area contributed by atoms with Gasteiger partial charge in [-0.1, -0.05) is 25.1 Å². The molecule has 0 aliphatic carbocycles. The molecule has 0 fully saturated rings. The first kappa shape index (κ1) is 25.5. The molecule has 0 saturated heterocycles. The lowest BCUT2D eigenvalue weighted by molar-refractivity contribution is -0.147. The second-order valence-electron chi connectivity index (χ2n) is 7.54. The van der Waals surface area contributed by atoms with Crippen molar-refractivity contribution in [2.75, 3.05) is 13.2 Å². The van der Waals surface area contributed by atoms with E-state index in [0.717, 1.165) is 10.4 Å². The quantitative estimate of drug-likeness (QED) is 0.439. The molecule has 1 aromatic heterocycles. The fraction of sp³-hybridized carbons (Fsp3) is 0.458. The lowest BCUT2D eigenvalue weighted by Gasteiger charge is -2.31. The van der Waals surface area contributed by atoms with E-state index in [9.17, 15) is 18.8 Å². The largest absolute Gasteiger partial charge is 0.466 e. The molecule has 0 bridgehead atoms. The fourth-order valence-electron chi connectivity index (χ4n) is 3.17. The van der Waals surface area contributed by atoms with Crippen LogP contribution in [-0.2, 0) is 32.2 Å². The number of thiophene rings is 1. The summed E-state index contributed by atoms with van der Waals surface area (Å²) in [5.74, 6) is -1.21. The van der Waals surface area contributed by atoms with Crippen molar-refractivity contribution in [3.8, 4) is 0 Å². The first-order valence-electron chi connectivity index (χ1n) is 10.8. The molecule has 1 atom stereocenters. The topological polar surface area (TPSA) is 66.9 Å². The summed E-state index contributed by atoms with van der Waals surface area (Å²) in [5.41, 5.74) is 0.806. The molecule has 2 rings (SSSR count). The van der Waals surface area contributed by atoms with Crippen LogP contribution in [0.25, 0.3) is 0 Å². The molecule has 32 heavy (non-hydrogen) atoms. The van der Waals surface area contributed by atoms with E-state index in [0.29, 0.717) is 19.5 Å². The third kappa shape index (κ3) is 8.07. The third-order valence-corrected chi connectivity index (χ3v) is 6.02. The van der Waals surface area contributed by atoms with Crippen molar-refractivity contribution in [1.82, 2.24) is 9.80 Å². The maximum Gasteiger partial charge on any atom is 0.306 e. The van der Waals surface area contributed by atoms with Crippen molar-refractivity contribution in [2.45, 2.75) is 59.2 Å². The Morgan fingerprint density at radius 2 is 1.75 bits per heavy atom. The number of benzene rings is 1. The predicted octanol–water partition coefficient (Wildman–Crippen LogP) is 4.39. The lowest BCUT2D eigenvalue weighted by Crippen LogP contribution is -2.46. The molecule has 1 heterocycles. The number of carbonyl (C=O) groups excluding carboxylic acids is 3. The van der Waals surface area contributed by atoms with Crippen molar-refractivity contribution < 1.29 is 23.5 Å². The van der Waals surface area contributed by atoms with Crippen LogP contribution in [0.5, 0.6) is 0 Å². The zero-order valence-electron chi connectivity index (χ0n) is 18.9. The van der Waals surface area contributed by atoms with E-state index >= 15 is 0 Å². The number of carbonyl (C=O) groups is 3. The van der Waals surface area contributed by atoms with Crippen molar-refractivity contribution in [3.05, 3.63) is 58.0 Å². The zero-order chi connectivity index (χ0) is 23.5. The van der Waals surface area contributed by atoms with Crippen molar-refractivity contribution >= 4 is 29.1 Å². The number of ether oxygens (including phenoxy) is 1. The Morgan fingerprint density at radius 1 is 1.03 bits per heavy atom. The van der Waals surface area contributed by atoms with E-state index in [-0.39, 0.29) is 49.7 Å². The molecule has 0 aliphatic heterocycles. The summed E-state index contributed by atoms with van der Waals surface area (Å²) >= 11 is 1.55. The molecule has 0 N–H and O–H groups in total. The average Bonchev–Trinajstić information content (AvgIpc) is 3.29. The molecule has 0 aliphatic rings. The van der Waals surface area contributed by atoms with Gasteiger partial charge in [0.2, 0.25) is 11.8 Å². The van der Waals surface area contributed by atoms with E-state index in [1.54, 1.807) is 35.3 Å². The van der Waals surface area contributed by atoms with Gasteiger partial charge in [-0.15, -0.1) is 11.3 Å². The van der Waals surface area contributed by atoms with Crippen molar-refractivity contribution in [2.24, 2.45) is 0 Å². The van der Waals surface area contributed by atoms with Gasteiger partial charge in [-0.2, -0.15) is 0 Å². The normalized spacial score (nSPS) is 11.6. The number of esters is 1. The van der Waals surface area contributed by atoms with Crippen molar-refractivity contribution in [3.63, 3.8) is 0 Å². The van der Waals surface area contributed by atoms with E-state index in [4.69, 9.17) is 4.74 Å². The van der Waals surface area contributed by atoms with Gasteiger partial charge in [-0.25, -0.2) is 4.39 Å². The van der Waals surface area contributed by atoms with Gasteiger partial charge >= 0.3 is 5.97 Å². The number of rotatable bonds is 12. The van der Waals surface area contributed by atoms with E-state index < -0.39 is 5.97 Å². The lowest BCUT2D eigenvalue weighted by atomic mass is 10.1. The molecule has 0 spiro atoms. The van der Waals surface area contributed by atoms with Gasteiger partial charge in [-0.3, -0.25) is 14.4 Å². The fourth-order valence-corrected chi connectivity index (χ4v) is 3.89.